The van der Waals surface area contributed by atoms with E-state index in [1.54, 1.807) is 18.2 Å². The molecule has 4 rings (SSSR count). The third-order valence-corrected chi connectivity index (χ3v) is 5.80. The number of nitro benzene ring substituents is 1. The summed E-state index contributed by atoms with van der Waals surface area (Å²) in [7, 11) is 0. The smallest absolute Gasteiger partial charge is 0.270 e. The van der Waals surface area contributed by atoms with Crippen molar-refractivity contribution in [1.82, 2.24) is 10.3 Å². The molecule has 0 spiro atoms. The highest BCUT2D eigenvalue weighted by molar-refractivity contribution is 7.80. The zero-order valence-electron chi connectivity index (χ0n) is 16.9. The van der Waals surface area contributed by atoms with Gasteiger partial charge in [0.1, 0.15) is 10.8 Å². The monoisotopic (exact) mass is 476 g/mol. The van der Waals surface area contributed by atoms with Crippen LogP contribution in [0.1, 0.15) is 5.56 Å². The van der Waals surface area contributed by atoms with Gasteiger partial charge >= 0.3 is 0 Å². The number of para-hydroxylation sites is 1. The molecule has 33 heavy (non-hydrogen) atoms. The maximum absolute atomic E-state index is 12.2. The Morgan fingerprint density at radius 1 is 1.12 bits per heavy atom. The van der Waals surface area contributed by atoms with Gasteiger partial charge in [-0.25, -0.2) is 4.98 Å². The van der Waals surface area contributed by atoms with Crippen LogP contribution in [0.5, 0.6) is 5.75 Å². The number of rotatable bonds is 5. The van der Waals surface area contributed by atoms with Gasteiger partial charge in [0.2, 0.25) is 5.91 Å². The first-order valence-corrected chi connectivity index (χ1v) is 10.8. The van der Waals surface area contributed by atoms with Crippen LogP contribution >= 0.6 is 23.6 Å². The van der Waals surface area contributed by atoms with Crippen molar-refractivity contribution in [3.05, 3.63) is 88.5 Å². The number of benzene rings is 3. The van der Waals surface area contributed by atoms with Crippen LogP contribution in [0.15, 0.2) is 72.8 Å². The van der Waals surface area contributed by atoms with Gasteiger partial charge < -0.3 is 10.4 Å². The van der Waals surface area contributed by atoms with Crippen LogP contribution in [0.25, 0.3) is 26.9 Å². The molecule has 10 heteroatoms. The number of amides is 1. The number of anilines is 1. The van der Waals surface area contributed by atoms with Crippen molar-refractivity contribution < 1.29 is 14.8 Å². The molecule has 8 nitrogen and oxygen atoms in total. The van der Waals surface area contributed by atoms with Crippen molar-refractivity contribution >= 4 is 62.2 Å². The Labute approximate surface area is 197 Å². The summed E-state index contributed by atoms with van der Waals surface area (Å²) in [6.45, 7) is 0. The zero-order valence-corrected chi connectivity index (χ0v) is 18.5. The van der Waals surface area contributed by atoms with Crippen molar-refractivity contribution in [2.45, 2.75) is 0 Å². The van der Waals surface area contributed by atoms with Crippen molar-refractivity contribution in [1.29, 1.82) is 0 Å². The second kappa shape index (κ2) is 9.55. The minimum absolute atomic E-state index is 0.0598. The zero-order chi connectivity index (χ0) is 23.4. The minimum Gasteiger partial charge on any atom is -0.507 e. The number of hydrogen-bond donors (Lipinski definition) is 3. The summed E-state index contributed by atoms with van der Waals surface area (Å²) >= 11 is 6.66. The van der Waals surface area contributed by atoms with Crippen LogP contribution in [0.2, 0.25) is 0 Å². The van der Waals surface area contributed by atoms with E-state index < -0.39 is 10.8 Å². The number of hydrogen-bond acceptors (Lipinski definition) is 7. The van der Waals surface area contributed by atoms with Crippen LogP contribution in [0, 0.1) is 10.1 Å². The van der Waals surface area contributed by atoms with Crippen LogP contribution in [-0.2, 0) is 4.79 Å². The van der Waals surface area contributed by atoms with E-state index in [0.29, 0.717) is 21.8 Å². The Kier molecular flexibility index (Phi) is 6.38. The van der Waals surface area contributed by atoms with Crippen LogP contribution < -0.4 is 10.6 Å². The molecule has 164 valence electrons. The molecular weight excluding hydrogens is 460 g/mol. The lowest BCUT2D eigenvalue weighted by Crippen LogP contribution is -2.32. The molecule has 0 atom stereocenters. The molecule has 0 bridgehead atoms. The average molecular weight is 477 g/mol. The standard InChI is InChI=1S/C23H16N4O4S2/c28-19-10-9-15(13-17(19)22-25-18-6-1-2-7-20(18)33-22)24-23(32)26-21(29)11-8-14-4-3-5-16(12-14)27(30)31/h1-13,28H,(H2,24,26,29,32). The van der Waals surface area contributed by atoms with Crippen LogP contribution in [0.4, 0.5) is 11.4 Å². The first kappa shape index (κ1) is 22.1. The van der Waals surface area contributed by atoms with Gasteiger partial charge in [-0.05, 0) is 54.2 Å². The van der Waals surface area contributed by atoms with Gasteiger partial charge in [-0.15, -0.1) is 11.3 Å². The van der Waals surface area contributed by atoms with Crippen molar-refractivity contribution in [3.8, 4) is 16.3 Å². The number of aromatic hydroxyl groups is 1. The molecular formula is C23H16N4O4S2. The molecule has 0 aliphatic heterocycles. The Morgan fingerprint density at radius 2 is 1.94 bits per heavy atom. The predicted molar refractivity (Wildman–Crippen MR) is 133 cm³/mol. The minimum atomic E-state index is -0.503. The number of non-ortho nitro benzene ring substituents is 1. The number of nitro groups is 1. The number of nitrogens with one attached hydrogen (secondary N) is 2. The Bertz CT molecular complexity index is 1380. The molecule has 0 aliphatic carbocycles. The average Bonchev–Trinajstić information content (AvgIpc) is 3.23. The van der Waals surface area contributed by atoms with E-state index in [-0.39, 0.29) is 16.5 Å². The number of fused-ring (bicyclic) bond motifs is 1. The number of nitrogens with zero attached hydrogens (tertiary/aromatic N) is 2. The fourth-order valence-corrected chi connectivity index (χ4v) is 4.21. The van der Waals surface area contributed by atoms with Crippen molar-refractivity contribution in [2.75, 3.05) is 5.32 Å². The lowest BCUT2D eigenvalue weighted by atomic mass is 10.2. The summed E-state index contributed by atoms with van der Waals surface area (Å²) in [4.78, 5) is 27.1. The predicted octanol–water partition coefficient (Wildman–Crippen LogP) is 5.10. The second-order valence-corrected chi connectivity index (χ2v) is 8.29. The van der Waals surface area contributed by atoms with Gasteiger partial charge in [-0.2, -0.15) is 0 Å². The van der Waals surface area contributed by atoms with Crippen LogP contribution in [0.3, 0.4) is 0 Å². The molecule has 1 amide bonds. The normalized spacial score (nSPS) is 10.9. The molecule has 0 aliphatic rings. The molecule has 0 saturated heterocycles. The van der Waals surface area contributed by atoms with E-state index in [0.717, 1.165) is 10.2 Å². The molecule has 0 saturated carbocycles. The number of carbonyl (C=O) groups excluding carboxylic acids is 1. The number of thiocarbonyl (C=S) groups is 1. The number of thiazole rings is 1. The largest absolute Gasteiger partial charge is 0.507 e. The number of aromatic nitrogens is 1. The van der Waals surface area contributed by atoms with Crippen molar-refractivity contribution in [3.63, 3.8) is 0 Å². The third kappa shape index (κ3) is 5.37. The van der Waals surface area contributed by atoms with E-state index in [1.807, 2.05) is 24.3 Å². The fraction of sp³-hybridized carbons (Fsp3) is 0. The van der Waals surface area contributed by atoms with E-state index in [4.69, 9.17) is 12.2 Å². The summed E-state index contributed by atoms with van der Waals surface area (Å²) < 4.78 is 1.00. The van der Waals surface area contributed by atoms with Gasteiger partial charge in [-0.3, -0.25) is 20.2 Å². The van der Waals surface area contributed by atoms with Crippen LogP contribution in [-0.4, -0.2) is 26.0 Å². The Balaban J connectivity index is 1.43. The van der Waals surface area contributed by atoms with Gasteiger partial charge in [0.15, 0.2) is 5.11 Å². The summed E-state index contributed by atoms with van der Waals surface area (Å²) in [5, 5.41) is 27.3. The highest BCUT2D eigenvalue weighted by Crippen LogP contribution is 2.36. The van der Waals surface area contributed by atoms with Gasteiger partial charge in [0.05, 0.1) is 20.7 Å². The molecule has 1 aromatic heterocycles. The van der Waals surface area contributed by atoms with Crippen molar-refractivity contribution in [2.24, 2.45) is 0 Å². The third-order valence-electron chi connectivity index (χ3n) is 4.52. The quantitative estimate of drug-likeness (QED) is 0.121. The number of carbonyl (C=O) groups is 1. The van der Waals surface area contributed by atoms with E-state index in [1.165, 1.54) is 47.8 Å². The lowest BCUT2D eigenvalue weighted by molar-refractivity contribution is -0.384. The molecule has 0 fully saturated rings. The maximum Gasteiger partial charge on any atom is 0.270 e. The van der Waals surface area contributed by atoms with Gasteiger partial charge in [0, 0.05) is 23.9 Å². The summed E-state index contributed by atoms with van der Waals surface area (Å²) in [5.74, 6) is -0.418. The maximum atomic E-state index is 12.2. The second-order valence-electron chi connectivity index (χ2n) is 6.85. The highest BCUT2D eigenvalue weighted by Gasteiger charge is 2.12. The Hall–Kier alpha value is -4.15. The fourth-order valence-electron chi connectivity index (χ4n) is 3.00. The first-order chi connectivity index (χ1) is 15.9. The topological polar surface area (TPSA) is 117 Å². The number of phenolic OH excluding ortho intramolecular Hbond substituents is 1. The van der Waals surface area contributed by atoms with E-state index in [9.17, 15) is 20.0 Å². The lowest BCUT2D eigenvalue weighted by Gasteiger charge is -2.10. The molecule has 1 heterocycles. The molecule has 0 unspecified atom stereocenters. The molecule has 0 radical (unpaired) electrons. The highest BCUT2D eigenvalue weighted by atomic mass is 32.1. The molecule has 4 aromatic rings. The number of phenols is 1. The summed E-state index contributed by atoms with van der Waals surface area (Å²) in [5.41, 5.74) is 2.40. The molecule has 3 aromatic carbocycles. The first-order valence-electron chi connectivity index (χ1n) is 9.62. The summed E-state index contributed by atoms with van der Waals surface area (Å²) in [6, 6.07) is 18.5. The SMILES string of the molecule is O=C(C=Cc1cccc([N+](=O)[O-])c1)NC(=S)Nc1ccc(O)c(-c2nc3ccccc3s2)c1. The summed E-state index contributed by atoms with van der Waals surface area (Å²) in [6.07, 6.45) is 2.69. The van der Waals surface area contributed by atoms with Gasteiger partial charge in [-0.1, -0.05) is 24.3 Å². The van der Waals surface area contributed by atoms with E-state index in [2.05, 4.69) is 15.6 Å². The van der Waals surface area contributed by atoms with Gasteiger partial charge in [0.25, 0.3) is 5.69 Å². The Morgan fingerprint density at radius 3 is 2.73 bits per heavy atom. The van der Waals surface area contributed by atoms with E-state index >= 15 is 0 Å². The molecule has 3 N–H and O–H groups in total.